The molecule has 0 aliphatic carbocycles. The first-order chi connectivity index (χ1) is 9.81. The topological polar surface area (TPSA) is 67.5 Å². The molecule has 0 bridgehead atoms. The molecule has 0 aromatic heterocycles. The second kappa shape index (κ2) is 5.84. The second-order valence-corrected chi connectivity index (χ2v) is 6.56. The molecule has 1 aliphatic rings. The van der Waals surface area contributed by atoms with Crippen LogP contribution in [0.5, 0.6) is 0 Å². The zero-order valence-electron chi connectivity index (χ0n) is 12.6. The van der Waals surface area contributed by atoms with E-state index in [0.29, 0.717) is 16.1 Å². The van der Waals surface area contributed by atoms with E-state index in [2.05, 4.69) is 11.8 Å². The summed E-state index contributed by atoms with van der Waals surface area (Å²) in [6, 6.07) is 5.68. The molecular weight excluding hydrogens is 288 g/mol. The molecule has 1 fully saturated rings. The first-order valence-corrected chi connectivity index (χ1v) is 7.50. The first-order valence-electron chi connectivity index (χ1n) is 7.12. The van der Waals surface area contributed by atoms with Crippen molar-refractivity contribution in [1.29, 1.82) is 5.26 Å². The molecule has 0 saturated carbocycles. The molecule has 5 heteroatoms. The number of nitrogens with zero attached hydrogens (tertiary/aromatic N) is 2. The van der Waals surface area contributed by atoms with Gasteiger partial charge in [-0.1, -0.05) is 11.6 Å². The molecule has 1 aromatic rings. The lowest BCUT2D eigenvalue weighted by atomic mass is 9.85. The van der Waals surface area contributed by atoms with E-state index >= 15 is 0 Å². The molecule has 114 valence electrons. The molecule has 0 radical (unpaired) electrons. The zero-order chi connectivity index (χ0) is 15.8. The highest BCUT2D eigenvalue weighted by Gasteiger charge is 2.40. The van der Waals surface area contributed by atoms with E-state index in [1.807, 2.05) is 26.0 Å². The third-order valence-electron chi connectivity index (χ3n) is 4.47. The average Bonchev–Trinajstić information content (AvgIpc) is 2.80. The quantitative estimate of drug-likeness (QED) is 0.901. The summed E-state index contributed by atoms with van der Waals surface area (Å²) in [4.78, 5) is 2.15. The number of hydrogen-bond donors (Lipinski definition) is 2. The molecule has 2 rings (SSSR count). The van der Waals surface area contributed by atoms with Gasteiger partial charge in [0.15, 0.2) is 0 Å². The highest BCUT2D eigenvalue weighted by Crippen LogP contribution is 2.39. The molecule has 1 saturated heterocycles. The third-order valence-corrected chi connectivity index (χ3v) is 4.90. The van der Waals surface area contributed by atoms with Crippen LogP contribution in [0.2, 0.25) is 5.02 Å². The monoisotopic (exact) mass is 308 g/mol. The van der Waals surface area contributed by atoms with Crippen LogP contribution in [0.15, 0.2) is 12.1 Å². The molecule has 21 heavy (non-hydrogen) atoms. The van der Waals surface area contributed by atoms with Gasteiger partial charge in [-0.2, -0.15) is 5.26 Å². The molecular formula is C16H21ClN2O2. The van der Waals surface area contributed by atoms with Crippen molar-refractivity contribution < 1.29 is 10.2 Å². The molecule has 1 heterocycles. The highest BCUT2D eigenvalue weighted by atomic mass is 35.5. The smallest absolute Gasteiger partial charge is 0.101 e. The Kier molecular flexibility index (Phi) is 4.48. The summed E-state index contributed by atoms with van der Waals surface area (Å²) in [5.41, 5.74) is 1.05. The summed E-state index contributed by atoms with van der Waals surface area (Å²) in [6.07, 6.45) is 0.882. The van der Waals surface area contributed by atoms with E-state index < -0.39 is 5.60 Å². The maximum absolute atomic E-state index is 10.3. The van der Waals surface area contributed by atoms with Crippen molar-refractivity contribution in [3.05, 3.63) is 28.3 Å². The maximum atomic E-state index is 10.3. The number of rotatable bonds is 3. The maximum Gasteiger partial charge on any atom is 0.101 e. The average molecular weight is 309 g/mol. The molecule has 1 aromatic carbocycles. The lowest BCUT2D eigenvalue weighted by Crippen LogP contribution is -2.40. The van der Waals surface area contributed by atoms with Crippen LogP contribution in [0.4, 0.5) is 5.69 Å². The third kappa shape index (κ3) is 2.87. The van der Waals surface area contributed by atoms with Crippen LogP contribution in [0, 0.1) is 17.2 Å². The number of nitriles is 1. The Morgan fingerprint density at radius 3 is 2.62 bits per heavy atom. The summed E-state index contributed by atoms with van der Waals surface area (Å²) in [5.74, 6) is 0.151. The van der Waals surface area contributed by atoms with Crippen molar-refractivity contribution in [3.8, 4) is 6.07 Å². The largest absolute Gasteiger partial charge is 0.392 e. The van der Waals surface area contributed by atoms with Crippen molar-refractivity contribution in [3.63, 3.8) is 0 Å². The Balaban J connectivity index is 2.40. The van der Waals surface area contributed by atoms with E-state index in [-0.39, 0.29) is 18.6 Å². The Bertz CT molecular complexity index is 575. The number of benzene rings is 1. The van der Waals surface area contributed by atoms with E-state index in [4.69, 9.17) is 16.9 Å². The Labute approximate surface area is 130 Å². The lowest BCUT2D eigenvalue weighted by Gasteiger charge is -2.33. The van der Waals surface area contributed by atoms with Crippen LogP contribution in [0.25, 0.3) is 0 Å². The van der Waals surface area contributed by atoms with Crippen molar-refractivity contribution in [1.82, 2.24) is 0 Å². The van der Waals surface area contributed by atoms with Gasteiger partial charge >= 0.3 is 0 Å². The van der Waals surface area contributed by atoms with Gasteiger partial charge in [-0.3, -0.25) is 0 Å². The fourth-order valence-electron chi connectivity index (χ4n) is 3.34. The van der Waals surface area contributed by atoms with Crippen molar-refractivity contribution in [2.75, 3.05) is 11.4 Å². The summed E-state index contributed by atoms with van der Waals surface area (Å²) in [5, 5.41) is 29.2. The van der Waals surface area contributed by atoms with Crippen LogP contribution >= 0.6 is 11.6 Å². The highest BCUT2D eigenvalue weighted by molar-refractivity contribution is 6.32. The van der Waals surface area contributed by atoms with E-state index in [1.165, 1.54) is 0 Å². The first kappa shape index (κ1) is 16.1. The van der Waals surface area contributed by atoms with Crippen LogP contribution in [0.1, 0.15) is 38.3 Å². The van der Waals surface area contributed by atoms with Gasteiger partial charge < -0.3 is 15.1 Å². The van der Waals surface area contributed by atoms with Crippen LogP contribution in [-0.2, 0) is 6.61 Å². The number of aliphatic hydroxyl groups excluding tert-OH is 1. The van der Waals surface area contributed by atoms with Crippen molar-refractivity contribution >= 4 is 17.3 Å². The molecule has 0 spiro atoms. The van der Waals surface area contributed by atoms with Crippen LogP contribution in [0.3, 0.4) is 0 Å². The molecule has 0 amide bonds. The zero-order valence-corrected chi connectivity index (χ0v) is 13.4. The summed E-state index contributed by atoms with van der Waals surface area (Å²) >= 11 is 6.21. The Morgan fingerprint density at radius 2 is 2.14 bits per heavy atom. The van der Waals surface area contributed by atoms with Gasteiger partial charge in [-0.25, -0.2) is 0 Å². The van der Waals surface area contributed by atoms with E-state index in [0.717, 1.165) is 18.7 Å². The van der Waals surface area contributed by atoms with Gasteiger partial charge in [0, 0.05) is 29.8 Å². The van der Waals surface area contributed by atoms with Gasteiger partial charge in [0.05, 0.1) is 22.8 Å². The van der Waals surface area contributed by atoms with E-state index in [9.17, 15) is 10.2 Å². The normalized spacial score (nSPS) is 22.4. The van der Waals surface area contributed by atoms with Crippen molar-refractivity contribution in [2.45, 2.75) is 45.4 Å². The molecule has 4 nitrogen and oxygen atoms in total. The minimum absolute atomic E-state index is 0.138. The Hall–Kier alpha value is -1.28. The fraction of sp³-hybridized carbons (Fsp3) is 0.562. The van der Waals surface area contributed by atoms with E-state index in [1.54, 1.807) is 6.07 Å². The van der Waals surface area contributed by atoms with Gasteiger partial charge in [0.1, 0.15) is 6.07 Å². The van der Waals surface area contributed by atoms with Crippen molar-refractivity contribution in [2.24, 2.45) is 5.92 Å². The number of anilines is 1. The predicted molar refractivity (Wildman–Crippen MR) is 83.3 cm³/mol. The number of hydrogen-bond acceptors (Lipinski definition) is 4. The summed E-state index contributed by atoms with van der Waals surface area (Å²) in [7, 11) is 0. The van der Waals surface area contributed by atoms with Crippen LogP contribution in [-0.4, -0.2) is 28.4 Å². The number of aliphatic hydroxyl groups is 2. The predicted octanol–water partition coefficient (Wildman–Crippen LogP) is 2.69. The fourth-order valence-corrected chi connectivity index (χ4v) is 3.60. The number of halogens is 1. The van der Waals surface area contributed by atoms with Gasteiger partial charge in [-0.05, 0) is 39.3 Å². The minimum atomic E-state index is -0.746. The summed E-state index contributed by atoms with van der Waals surface area (Å²) in [6.45, 7) is 6.32. The van der Waals surface area contributed by atoms with Gasteiger partial charge in [0.25, 0.3) is 0 Å². The molecule has 0 unspecified atom stereocenters. The lowest BCUT2D eigenvalue weighted by molar-refractivity contribution is 0.0156. The molecule has 1 aliphatic heterocycles. The van der Waals surface area contributed by atoms with Gasteiger partial charge in [0.2, 0.25) is 0 Å². The SMILES string of the molecule is C[C@H]1[C@@H](C(C)(C)O)CCN1c1ccc(C#N)c(Cl)c1CO. The van der Waals surface area contributed by atoms with Gasteiger partial charge in [-0.15, -0.1) is 0 Å². The van der Waals surface area contributed by atoms with Crippen LogP contribution < -0.4 is 4.90 Å². The summed E-state index contributed by atoms with van der Waals surface area (Å²) < 4.78 is 0. The minimum Gasteiger partial charge on any atom is -0.392 e. The second-order valence-electron chi connectivity index (χ2n) is 6.18. The molecule has 2 N–H and O–H groups in total. The Morgan fingerprint density at radius 1 is 1.48 bits per heavy atom. The standard InChI is InChI=1S/C16H21ClN2O2/c1-10-13(16(2,3)21)6-7-19(10)14-5-4-11(8-18)15(17)12(14)9-20/h4-5,10,13,20-21H,6-7,9H2,1-3H3/t10-,13-/m0/s1. The molecule has 2 atom stereocenters.